The molecule has 0 N–H and O–H groups in total. The fraction of sp³-hybridized carbons (Fsp3) is 0.733. The van der Waals surface area contributed by atoms with Gasteiger partial charge in [-0.15, -0.1) is 0 Å². The van der Waals surface area contributed by atoms with Gasteiger partial charge in [-0.05, 0) is 33.6 Å². The van der Waals surface area contributed by atoms with Crippen LogP contribution in [0, 0.1) is 5.41 Å². The van der Waals surface area contributed by atoms with Crippen LogP contribution in [0.15, 0.2) is 12.4 Å². The van der Waals surface area contributed by atoms with Gasteiger partial charge in [0.2, 0.25) is 0 Å². The Labute approximate surface area is 125 Å². The molecule has 0 aromatic rings. The molecule has 1 saturated heterocycles. The number of methoxy groups -OCH3 is 1. The van der Waals surface area contributed by atoms with Gasteiger partial charge in [-0.25, -0.2) is 9.18 Å². The molecule has 0 radical (unpaired) electrons. The topological polar surface area (TPSA) is 55.8 Å². The quantitative estimate of drug-likeness (QED) is 0.752. The molecule has 0 aliphatic carbocycles. The van der Waals surface area contributed by atoms with Crippen LogP contribution in [0.2, 0.25) is 0 Å². The molecule has 0 bridgehead atoms. The van der Waals surface area contributed by atoms with E-state index in [0.29, 0.717) is 19.4 Å². The van der Waals surface area contributed by atoms with E-state index in [-0.39, 0.29) is 13.0 Å². The summed E-state index contributed by atoms with van der Waals surface area (Å²) in [7, 11) is 1.26. The Hall–Kier alpha value is -1.59. The van der Waals surface area contributed by atoms with Gasteiger partial charge in [-0.3, -0.25) is 4.79 Å². The van der Waals surface area contributed by atoms with E-state index in [2.05, 4.69) is 11.3 Å². The van der Waals surface area contributed by atoms with Crippen LogP contribution in [0.4, 0.5) is 9.18 Å². The molecular formula is C15H24FNO4. The average molecular weight is 301 g/mol. The smallest absolute Gasteiger partial charge is 0.410 e. The number of hydrogen-bond donors (Lipinski definition) is 0. The van der Waals surface area contributed by atoms with Crippen molar-refractivity contribution in [3.63, 3.8) is 0 Å². The summed E-state index contributed by atoms with van der Waals surface area (Å²) in [6, 6.07) is 0. The number of rotatable bonds is 3. The van der Waals surface area contributed by atoms with E-state index < -0.39 is 28.9 Å². The average Bonchev–Trinajstić information content (AvgIpc) is 2.36. The summed E-state index contributed by atoms with van der Waals surface area (Å²) >= 11 is 0. The van der Waals surface area contributed by atoms with Crippen molar-refractivity contribution in [3.05, 3.63) is 12.4 Å². The van der Waals surface area contributed by atoms with E-state index in [4.69, 9.17) is 4.74 Å². The highest BCUT2D eigenvalue weighted by Crippen LogP contribution is 2.41. The number of hydrogen-bond acceptors (Lipinski definition) is 4. The minimum absolute atomic E-state index is 0.0757. The van der Waals surface area contributed by atoms with Crippen molar-refractivity contribution in [1.29, 1.82) is 0 Å². The number of nitrogens with zero attached hydrogens (tertiary/aromatic N) is 1. The minimum atomic E-state index is -1.08. The Morgan fingerprint density at radius 2 is 2.00 bits per heavy atom. The van der Waals surface area contributed by atoms with Crippen LogP contribution >= 0.6 is 0 Å². The zero-order valence-electron chi connectivity index (χ0n) is 13.2. The second kappa shape index (κ2) is 6.45. The Balaban J connectivity index is 2.86. The third-order valence-corrected chi connectivity index (χ3v) is 3.51. The maximum Gasteiger partial charge on any atom is 0.410 e. The number of likely N-dealkylation sites (tertiary alicyclic amines) is 1. The van der Waals surface area contributed by atoms with Crippen LogP contribution in [0.1, 0.15) is 40.0 Å². The van der Waals surface area contributed by atoms with Crippen LogP contribution in [0.5, 0.6) is 0 Å². The molecule has 21 heavy (non-hydrogen) atoms. The summed E-state index contributed by atoms with van der Waals surface area (Å²) in [5, 5.41) is 0. The molecular weight excluding hydrogens is 277 g/mol. The third kappa shape index (κ3) is 4.72. The molecule has 1 atom stereocenters. The predicted molar refractivity (Wildman–Crippen MR) is 76.4 cm³/mol. The summed E-state index contributed by atoms with van der Waals surface area (Å²) in [5.74, 6) is -1.11. The molecule has 1 fully saturated rings. The van der Waals surface area contributed by atoms with Crippen molar-refractivity contribution in [2.24, 2.45) is 5.41 Å². The largest absolute Gasteiger partial charge is 0.469 e. The molecule has 0 spiro atoms. The fourth-order valence-electron chi connectivity index (χ4n) is 2.42. The van der Waals surface area contributed by atoms with Gasteiger partial charge in [0.1, 0.15) is 11.4 Å². The van der Waals surface area contributed by atoms with Gasteiger partial charge in [0.15, 0.2) is 0 Å². The highest BCUT2D eigenvalue weighted by Gasteiger charge is 2.43. The summed E-state index contributed by atoms with van der Waals surface area (Å²) < 4.78 is 23.9. The lowest BCUT2D eigenvalue weighted by atomic mass is 9.76. The maximum atomic E-state index is 13.9. The van der Waals surface area contributed by atoms with Crippen LogP contribution in [0.25, 0.3) is 0 Å². The molecule has 1 rings (SSSR count). The van der Waals surface area contributed by atoms with Crippen LogP contribution in [-0.4, -0.2) is 42.8 Å². The van der Waals surface area contributed by atoms with E-state index in [0.717, 1.165) is 0 Å². The molecule has 1 heterocycles. The molecule has 0 aromatic heterocycles. The van der Waals surface area contributed by atoms with Crippen molar-refractivity contribution >= 4 is 12.1 Å². The second-order valence-electron chi connectivity index (χ2n) is 6.44. The molecule has 1 unspecified atom stereocenters. The maximum absolute atomic E-state index is 13.9. The first-order valence-corrected chi connectivity index (χ1v) is 6.99. The zero-order chi connectivity index (χ0) is 16.3. The molecule has 120 valence electrons. The lowest BCUT2D eigenvalue weighted by Gasteiger charge is -2.41. The minimum Gasteiger partial charge on any atom is -0.469 e. The first-order valence-electron chi connectivity index (χ1n) is 6.99. The molecule has 1 aliphatic rings. The number of piperidine rings is 1. The molecule has 0 saturated carbocycles. The number of esters is 1. The van der Waals surface area contributed by atoms with Gasteiger partial charge in [0.25, 0.3) is 0 Å². The Morgan fingerprint density at radius 1 is 1.38 bits per heavy atom. The molecule has 1 amide bonds. The van der Waals surface area contributed by atoms with Crippen molar-refractivity contribution in [1.82, 2.24) is 4.90 Å². The van der Waals surface area contributed by atoms with Gasteiger partial charge in [-0.1, -0.05) is 6.58 Å². The van der Waals surface area contributed by atoms with Gasteiger partial charge in [-0.2, -0.15) is 0 Å². The van der Waals surface area contributed by atoms with E-state index >= 15 is 0 Å². The van der Waals surface area contributed by atoms with Gasteiger partial charge < -0.3 is 14.4 Å². The Bertz CT molecular complexity index is 430. The summed E-state index contributed by atoms with van der Waals surface area (Å²) in [6.07, 6.45) is 0.409. The van der Waals surface area contributed by atoms with E-state index in [1.54, 1.807) is 20.8 Å². The van der Waals surface area contributed by atoms with Gasteiger partial charge in [0, 0.05) is 18.5 Å². The molecule has 5 nitrogen and oxygen atoms in total. The number of halogens is 1. The van der Waals surface area contributed by atoms with E-state index in [1.165, 1.54) is 12.0 Å². The molecule has 0 aromatic carbocycles. The standard InChI is InChI=1S/C15H24FNO4/c1-11(16)15(9-12(18)20-5)7-6-8-17(10-15)13(19)21-14(2,3)4/h1,6-10H2,2-5H3. The Kier molecular flexibility index (Phi) is 5.36. The first kappa shape index (κ1) is 17.5. The fourth-order valence-corrected chi connectivity index (χ4v) is 2.42. The van der Waals surface area contributed by atoms with Crippen molar-refractivity contribution in [2.45, 2.75) is 45.6 Å². The van der Waals surface area contributed by atoms with Gasteiger partial charge in [0.05, 0.1) is 13.5 Å². The summed E-state index contributed by atoms with van der Waals surface area (Å²) in [6.45, 7) is 9.21. The number of carbonyl (C=O) groups is 2. The van der Waals surface area contributed by atoms with Crippen LogP contribution in [0.3, 0.4) is 0 Å². The second-order valence-corrected chi connectivity index (χ2v) is 6.44. The third-order valence-electron chi connectivity index (χ3n) is 3.51. The normalized spacial score (nSPS) is 22.6. The number of carbonyl (C=O) groups excluding carboxylic acids is 2. The Morgan fingerprint density at radius 3 is 2.48 bits per heavy atom. The van der Waals surface area contributed by atoms with E-state index in [1.807, 2.05) is 0 Å². The van der Waals surface area contributed by atoms with Crippen molar-refractivity contribution in [3.8, 4) is 0 Å². The van der Waals surface area contributed by atoms with E-state index in [9.17, 15) is 14.0 Å². The van der Waals surface area contributed by atoms with Crippen LogP contribution in [-0.2, 0) is 14.3 Å². The molecule has 1 aliphatic heterocycles. The van der Waals surface area contributed by atoms with Gasteiger partial charge >= 0.3 is 12.1 Å². The first-order chi connectivity index (χ1) is 9.59. The zero-order valence-corrected chi connectivity index (χ0v) is 13.2. The van der Waals surface area contributed by atoms with Crippen molar-refractivity contribution < 1.29 is 23.5 Å². The monoisotopic (exact) mass is 301 g/mol. The van der Waals surface area contributed by atoms with Crippen molar-refractivity contribution in [2.75, 3.05) is 20.2 Å². The lowest BCUT2D eigenvalue weighted by Crippen LogP contribution is -2.48. The highest BCUT2D eigenvalue weighted by atomic mass is 19.1. The summed E-state index contributed by atoms with van der Waals surface area (Å²) in [5.41, 5.74) is -1.70. The highest BCUT2D eigenvalue weighted by molar-refractivity contribution is 5.72. The lowest BCUT2D eigenvalue weighted by molar-refractivity contribution is -0.144. The SMILES string of the molecule is C=C(F)C1(CC(=O)OC)CCCN(C(=O)OC(C)(C)C)C1. The number of ether oxygens (including phenoxy) is 2. The number of amides is 1. The van der Waals surface area contributed by atoms with Crippen LogP contribution < -0.4 is 0 Å². The molecule has 6 heteroatoms. The summed E-state index contributed by atoms with van der Waals surface area (Å²) in [4.78, 5) is 25.1. The predicted octanol–water partition coefficient (Wildman–Crippen LogP) is 3.05.